The Hall–Kier alpha value is -2.89. The van der Waals surface area contributed by atoms with E-state index >= 15 is 0 Å². The number of ether oxygens (including phenoxy) is 1. The number of aliphatic carboxylic acids is 1. The Morgan fingerprint density at radius 3 is 2.71 bits per heavy atom. The summed E-state index contributed by atoms with van der Waals surface area (Å²) in [5.41, 5.74) is -1.27. The number of aliphatic hydroxyl groups excluding tert-OH is 1. The molecule has 1 aliphatic rings. The zero-order valence-corrected chi connectivity index (χ0v) is 17.3. The molecule has 0 bridgehead atoms. The second-order valence-electron chi connectivity index (χ2n) is 6.70. The van der Waals surface area contributed by atoms with Gasteiger partial charge in [-0.2, -0.15) is 0 Å². The molecule has 5 atom stereocenters. The second-order valence-corrected chi connectivity index (χ2v) is 7.83. The van der Waals surface area contributed by atoms with E-state index in [1.165, 1.54) is 13.1 Å². The molecule has 1 aliphatic heterocycles. The molecule has 13 heteroatoms. The molecule has 1 aromatic heterocycles. The summed E-state index contributed by atoms with van der Waals surface area (Å²) in [6.45, 7) is 0.924. The highest BCUT2D eigenvalue weighted by Gasteiger charge is 2.44. The maximum atomic E-state index is 12.6. The van der Waals surface area contributed by atoms with Gasteiger partial charge in [-0.1, -0.05) is 18.2 Å². The van der Waals surface area contributed by atoms with Gasteiger partial charge in [-0.15, -0.1) is 4.52 Å². The summed E-state index contributed by atoms with van der Waals surface area (Å²) in [7, 11) is -2.78. The van der Waals surface area contributed by atoms with E-state index in [1.807, 2.05) is 0 Å². The molecule has 0 spiro atoms. The van der Waals surface area contributed by atoms with Gasteiger partial charge in [-0.05, 0) is 23.6 Å². The van der Waals surface area contributed by atoms with Gasteiger partial charge in [0.15, 0.2) is 11.8 Å². The Morgan fingerprint density at radius 1 is 1.35 bits per heavy atom. The third kappa shape index (κ3) is 5.63. The lowest BCUT2D eigenvalue weighted by Crippen LogP contribution is -2.37. The molecule has 0 aliphatic carbocycles. The minimum atomic E-state index is -2.78. The smallest absolute Gasteiger partial charge is 0.480 e. The van der Waals surface area contributed by atoms with E-state index < -0.39 is 49.9 Å². The normalized spacial score (nSPS) is 22.3. The lowest BCUT2D eigenvalue weighted by molar-refractivity contribution is -0.148. The summed E-state index contributed by atoms with van der Waals surface area (Å²) in [6.07, 6.45) is -1.58. The number of aliphatic hydroxyl groups is 1. The minimum absolute atomic E-state index is 0.0342. The van der Waals surface area contributed by atoms with Crippen LogP contribution in [0.3, 0.4) is 0 Å². The van der Waals surface area contributed by atoms with Crippen molar-refractivity contribution in [1.82, 2.24) is 14.4 Å². The van der Waals surface area contributed by atoms with Crippen LogP contribution in [0.25, 0.3) is 0 Å². The van der Waals surface area contributed by atoms with Crippen molar-refractivity contribution in [1.29, 1.82) is 0 Å². The van der Waals surface area contributed by atoms with Crippen LogP contribution in [0.5, 0.6) is 5.75 Å². The van der Waals surface area contributed by atoms with Gasteiger partial charge < -0.3 is 19.8 Å². The Kier molecular flexibility index (Phi) is 7.31. The monoisotopic (exact) mass is 454 g/mol. The first-order valence-corrected chi connectivity index (χ1v) is 10.4. The first-order valence-electron chi connectivity index (χ1n) is 9.26. The molecule has 1 saturated heterocycles. The van der Waals surface area contributed by atoms with E-state index in [1.54, 1.807) is 30.3 Å². The maximum Gasteiger partial charge on any atom is 0.653 e. The van der Waals surface area contributed by atoms with Crippen LogP contribution in [0, 0.1) is 0 Å². The molecule has 0 amide bonds. The number of benzene rings is 1. The van der Waals surface area contributed by atoms with E-state index in [-0.39, 0.29) is 18.8 Å². The van der Waals surface area contributed by atoms with Gasteiger partial charge in [-0.3, -0.25) is 19.1 Å². The summed E-state index contributed by atoms with van der Waals surface area (Å²) in [5, 5.41) is 19.5. The van der Waals surface area contributed by atoms with Crippen molar-refractivity contribution in [2.75, 3.05) is 6.61 Å². The molecule has 1 fully saturated rings. The number of carbonyl (C=O) groups is 1. The van der Waals surface area contributed by atoms with Gasteiger partial charge in [0, 0.05) is 18.7 Å². The molecule has 3 rings (SSSR count). The maximum absolute atomic E-state index is 12.6. The third-order valence-electron chi connectivity index (χ3n) is 4.51. The predicted octanol–water partition coefficient (Wildman–Crippen LogP) is 0.628. The topological polar surface area (TPSA) is 160 Å². The Bertz CT molecular complexity index is 1040. The average molecular weight is 454 g/mol. The molecule has 2 unspecified atom stereocenters. The molecule has 12 nitrogen and oxygen atoms in total. The number of nitrogens with one attached hydrogen (secondary N) is 1. The summed E-state index contributed by atoms with van der Waals surface area (Å²) in [6, 6.07) is 8.01. The molecule has 2 heterocycles. The van der Waals surface area contributed by atoms with Crippen LogP contribution in [-0.2, 0) is 18.6 Å². The Balaban J connectivity index is 1.65. The number of rotatable bonds is 9. The number of hydroxylamine groups is 1. The first kappa shape index (κ1) is 22.8. The third-order valence-corrected chi connectivity index (χ3v) is 5.63. The number of H-pyrrole nitrogens is 1. The van der Waals surface area contributed by atoms with Crippen molar-refractivity contribution in [3.05, 3.63) is 63.4 Å². The van der Waals surface area contributed by atoms with E-state index in [0.717, 1.165) is 10.6 Å². The van der Waals surface area contributed by atoms with Gasteiger partial charge >= 0.3 is 19.8 Å². The molecule has 166 valence electrons. The molecular weight excluding hydrogens is 433 g/mol. The van der Waals surface area contributed by atoms with Gasteiger partial charge in [0.25, 0.3) is 5.56 Å². The number of aromatic nitrogens is 2. The SMILES string of the molecule is CC(C(=O)O)N(Oc1ccccc1)[P+](=O)OC[C@@H]1O[C@H](n2ccc(=O)[nH]c2=O)C[C@H]1O. The number of para-hydroxylation sites is 1. The fraction of sp³-hybridized carbons (Fsp3) is 0.389. The summed E-state index contributed by atoms with van der Waals surface area (Å²) in [4.78, 5) is 42.7. The highest BCUT2D eigenvalue weighted by atomic mass is 31.1. The van der Waals surface area contributed by atoms with Crippen LogP contribution >= 0.6 is 8.18 Å². The lowest BCUT2D eigenvalue weighted by atomic mass is 10.2. The number of hydrogen-bond donors (Lipinski definition) is 3. The summed E-state index contributed by atoms with van der Waals surface area (Å²) >= 11 is 0. The fourth-order valence-electron chi connectivity index (χ4n) is 2.82. The van der Waals surface area contributed by atoms with Crippen LogP contribution in [0.1, 0.15) is 19.6 Å². The van der Waals surface area contributed by atoms with Gasteiger partial charge in [0.05, 0.1) is 6.10 Å². The second kappa shape index (κ2) is 9.94. The largest absolute Gasteiger partial charge is 0.653 e. The van der Waals surface area contributed by atoms with Crippen molar-refractivity contribution in [2.24, 2.45) is 0 Å². The van der Waals surface area contributed by atoms with E-state index in [4.69, 9.17) is 14.1 Å². The Morgan fingerprint density at radius 2 is 2.06 bits per heavy atom. The first-order chi connectivity index (χ1) is 14.8. The lowest BCUT2D eigenvalue weighted by Gasteiger charge is -2.16. The van der Waals surface area contributed by atoms with Crippen molar-refractivity contribution in [2.45, 2.75) is 37.8 Å². The van der Waals surface area contributed by atoms with E-state index in [2.05, 4.69) is 4.98 Å². The zero-order valence-electron chi connectivity index (χ0n) is 16.4. The number of nitrogens with zero attached hydrogens (tertiary/aromatic N) is 2. The van der Waals surface area contributed by atoms with Crippen LogP contribution in [0.4, 0.5) is 0 Å². The fourth-order valence-corrected chi connectivity index (χ4v) is 3.75. The van der Waals surface area contributed by atoms with Crippen LogP contribution in [0.2, 0.25) is 0 Å². The Labute approximate surface area is 176 Å². The molecule has 0 radical (unpaired) electrons. The number of hydrogen-bond acceptors (Lipinski definition) is 8. The molecule has 0 saturated carbocycles. The molecule has 31 heavy (non-hydrogen) atoms. The summed E-state index contributed by atoms with van der Waals surface area (Å²) in [5.74, 6) is -1.02. The van der Waals surface area contributed by atoms with Gasteiger partial charge in [-0.25, -0.2) is 4.79 Å². The number of aromatic amines is 1. The molecular formula is C18H21N3O9P+. The van der Waals surface area contributed by atoms with Crippen LogP contribution in [0.15, 0.2) is 52.2 Å². The minimum Gasteiger partial charge on any atom is -0.480 e. The number of carboxylic acid groups (broad SMARTS) is 1. The van der Waals surface area contributed by atoms with Crippen LogP contribution < -0.4 is 16.1 Å². The number of carboxylic acids is 1. The zero-order chi connectivity index (χ0) is 22.5. The molecule has 2 aromatic rings. The molecule has 3 N–H and O–H groups in total. The summed E-state index contributed by atoms with van der Waals surface area (Å²) < 4.78 is 24.6. The van der Waals surface area contributed by atoms with E-state index in [9.17, 15) is 29.2 Å². The van der Waals surface area contributed by atoms with Gasteiger partial charge in [0.2, 0.25) is 0 Å². The van der Waals surface area contributed by atoms with Crippen molar-refractivity contribution < 1.29 is 33.7 Å². The standard InChI is InChI=1S/C18H20N3O9P/c1-11(17(24)25)21(30-12-5-3-2-4-6-12)31(27)28-10-14-13(22)9-16(29-14)20-8-7-15(23)19-18(20)26/h2-8,11,13-14,16,22H,9-10H2,1H3,(H-,19,23,24,25,26)/p+1/t11?,13-,14+,16+/m1/s1. The highest BCUT2D eigenvalue weighted by Crippen LogP contribution is 2.35. The van der Waals surface area contributed by atoms with Crippen molar-refractivity contribution in [3.63, 3.8) is 0 Å². The highest BCUT2D eigenvalue weighted by molar-refractivity contribution is 7.36. The van der Waals surface area contributed by atoms with E-state index in [0.29, 0.717) is 4.83 Å². The quantitative estimate of drug-likeness (QED) is 0.362. The van der Waals surface area contributed by atoms with Crippen molar-refractivity contribution in [3.8, 4) is 5.75 Å². The van der Waals surface area contributed by atoms with Crippen LogP contribution in [-0.4, -0.2) is 55.4 Å². The van der Waals surface area contributed by atoms with Gasteiger partial charge in [0.1, 0.15) is 23.8 Å². The average Bonchev–Trinajstić information content (AvgIpc) is 3.10. The predicted molar refractivity (Wildman–Crippen MR) is 105 cm³/mol. The van der Waals surface area contributed by atoms with Crippen molar-refractivity contribution >= 4 is 14.1 Å². The molecule has 1 aromatic carbocycles.